The highest BCUT2D eigenvalue weighted by molar-refractivity contribution is 6.30. The van der Waals surface area contributed by atoms with Crippen LogP contribution >= 0.6 is 11.6 Å². The summed E-state index contributed by atoms with van der Waals surface area (Å²) < 4.78 is 0. The zero-order chi connectivity index (χ0) is 16.4. The molecule has 2 aromatic rings. The molecule has 1 aromatic carbocycles. The van der Waals surface area contributed by atoms with Gasteiger partial charge in [-0.3, -0.25) is 9.89 Å². The van der Waals surface area contributed by atoms with E-state index >= 15 is 0 Å². The second-order valence-electron chi connectivity index (χ2n) is 6.18. The minimum absolute atomic E-state index is 0.000856. The Morgan fingerprint density at radius 1 is 1.52 bits per heavy atom. The first kappa shape index (κ1) is 16.0. The van der Waals surface area contributed by atoms with Crippen LogP contribution in [0.1, 0.15) is 30.1 Å². The van der Waals surface area contributed by atoms with Crippen LogP contribution in [0.2, 0.25) is 5.02 Å². The van der Waals surface area contributed by atoms with Crippen LogP contribution in [0, 0.1) is 5.92 Å². The van der Waals surface area contributed by atoms with Crippen molar-refractivity contribution >= 4 is 17.5 Å². The quantitative estimate of drug-likeness (QED) is 0.907. The summed E-state index contributed by atoms with van der Waals surface area (Å²) in [5.41, 5.74) is 8.16. The van der Waals surface area contributed by atoms with Gasteiger partial charge in [0.25, 0.3) is 5.91 Å². The summed E-state index contributed by atoms with van der Waals surface area (Å²) in [4.78, 5) is 14.8. The molecule has 1 amide bonds. The average Bonchev–Trinajstić information content (AvgIpc) is 3.04. The Kier molecular flexibility index (Phi) is 4.68. The predicted molar refractivity (Wildman–Crippen MR) is 91.3 cm³/mol. The molecule has 6 heteroatoms. The fraction of sp³-hybridized carbons (Fsp3) is 0.412. The molecule has 2 heterocycles. The van der Waals surface area contributed by atoms with Crippen LogP contribution in [-0.4, -0.2) is 40.1 Å². The number of aromatic amines is 1. The van der Waals surface area contributed by atoms with Gasteiger partial charge in [0.1, 0.15) is 0 Å². The fourth-order valence-corrected chi connectivity index (χ4v) is 3.30. The van der Waals surface area contributed by atoms with Crippen molar-refractivity contribution in [2.75, 3.05) is 13.1 Å². The summed E-state index contributed by atoms with van der Waals surface area (Å²) in [6.45, 7) is 3.48. The maximum atomic E-state index is 12.9. The lowest BCUT2D eigenvalue weighted by atomic mass is 9.91. The molecule has 2 atom stereocenters. The smallest absolute Gasteiger partial charge is 0.257 e. The van der Waals surface area contributed by atoms with E-state index in [1.54, 1.807) is 12.3 Å². The lowest BCUT2D eigenvalue weighted by Crippen LogP contribution is -2.45. The number of hydrogen-bond donors (Lipinski definition) is 2. The van der Waals surface area contributed by atoms with E-state index in [1.807, 2.05) is 30.0 Å². The topological polar surface area (TPSA) is 75.0 Å². The first-order chi connectivity index (χ1) is 11.1. The monoisotopic (exact) mass is 332 g/mol. The molecule has 1 aliphatic rings. The van der Waals surface area contributed by atoms with Crippen LogP contribution < -0.4 is 5.73 Å². The number of rotatable bonds is 3. The maximum absolute atomic E-state index is 12.9. The van der Waals surface area contributed by atoms with Gasteiger partial charge in [0.2, 0.25) is 0 Å². The predicted octanol–water partition coefficient (Wildman–Crippen LogP) is 2.93. The van der Waals surface area contributed by atoms with Gasteiger partial charge in [-0.15, -0.1) is 0 Å². The van der Waals surface area contributed by atoms with Crippen molar-refractivity contribution in [3.8, 4) is 11.3 Å². The summed E-state index contributed by atoms with van der Waals surface area (Å²) >= 11 is 6.05. The van der Waals surface area contributed by atoms with Gasteiger partial charge in [-0.2, -0.15) is 5.10 Å². The highest BCUT2D eigenvalue weighted by Crippen LogP contribution is 2.27. The number of halogens is 1. The van der Waals surface area contributed by atoms with Crippen LogP contribution in [0.4, 0.5) is 0 Å². The summed E-state index contributed by atoms with van der Waals surface area (Å²) in [5.74, 6) is 0.355. The third-order valence-corrected chi connectivity index (χ3v) is 4.71. The van der Waals surface area contributed by atoms with Gasteiger partial charge >= 0.3 is 0 Å². The number of aromatic nitrogens is 2. The maximum Gasteiger partial charge on any atom is 0.257 e. The second-order valence-corrected chi connectivity index (χ2v) is 6.62. The lowest BCUT2D eigenvalue weighted by molar-refractivity contribution is 0.0662. The Morgan fingerprint density at radius 2 is 2.35 bits per heavy atom. The number of H-pyrrole nitrogens is 1. The Balaban J connectivity index is 1.85. The van der Waals surface area contributed by atoms with Gasteiger partial charge in [-0.25, -0.2) is 0 Å². The minimum atomic E-state index is -0.000856. The zero-order valence-electron chi connectivity index (χ0n) is 13.1. The second kappa shape index (κ2) is 6.72. The SMILES string of the molecule is C[C@H](N)[C@@H]1CCCN(C(=O)c2cn[nH]c2-c2cccc(Cl)c2)C1. The van der Waals surface area contributed by atoms with Crippen molar-refractivity contribution in [2.24, 2.45) is 11.7 Å². The van der Waals surface area contributed by atoms with Crippen molar-refractivity contribution in [1.29, 1.82) is 0 Å². The van der Waals surface area contributed by atoms with Crippen LogP contribution in [0.5, 0.6) is 0 Å². The summed E-state index contributed by atoms with van der Waals surface area (Å²) in [6, 6.07) is 7.51. The van der Waals surface area contributed by atoms with Crippen molar-refractivity contribution in [3.63, 3.8) is 0 Å². The Hall–Kier alpha value is -1.85. The molecular weight excluding hydrogens is 312 g/mol. The Labute approximate surface area is 140 Å². The van der Waals surface area contributed by atoms with E-state index in [-0.39, 0.29) is 11.9 Å². The molecule has 1 aliphatic heterocycles. The molecule has 3 rings (SSSR count). The van der Waals surface area contributed by atoms with Crippen molar-refractivity contribution in [1.82, 2.24) is 15.1 Å². The standard InChI is InChI=1S/C17H21ClN4O/c1-11(19)13-5-3-7-22(10-13)17(23)15-9-20-21-16(15)12-4-2-6-14(18)8-12/h2,4,6,8-9,11,13H,3,5,7,10,19H2,1H3,(H,20,21)/t11-,13+/m0/s1. The summed E-state index contributed by atoms with van der Waals surface area (Å²) in [7, 11) is 0. The highest BCUT2D eigenvalue weighted by atomic mass is 35.5. The molecule has 0 radical (unpaired) electrons. The van der Waals surface area contributed by atoms with Crippen molar-refractivity contribution in [3.05, 3.63) is 41.0 Å². The molecule has 0 unspecified atom stereocenters. The number of nitrogens with one attached hydrogen (secondary N) is 1. The Morgan fingerprint density at radius 3 is 3.09 bits per heavy atom. The number of benzene rings is 1. The van der Waals surface area contributed by atoms with Crippen LogP contribution in [0.15, 0.2) is 30.5 Å². The van der Waals surface area contributed by atoms with E-state index in [2.05, 4.69) is 10.2 Å². The Bertz CT molecular complexity index is 697. The number of carbonyl (C=O) groups excluding carboxylic acids is 1. The van der Waals surface area contributed by atoms with Crippen LogP contribution in [-0.2, 0) is 0 Å². The third-order valence-electron chi connectivity index (χ3n) is 4.47. The zero-order valence-corrected chi connectivity index (χ0v) is 13.9. The van der Waals surface area contributed by atoms with Gasteiger partial charge in [0.05, 0.1) is 17.5 Å². The fourth-order valence-electron chi connectivity index (χ4n) is 3.11. The number of piperidine rings is 1. The number of hydrogen-bond acceptors (Lipinski definition) is 3. The molecule has 1 aromatic heterocycles. The van der Waals surface area contributed by atoms with Crippen LogP contribution in [0.25, 0.3) is 11.3 Å². The van der Waals surface area contributed by atoms with E-state index in [0.717, 1.165) is 24.9 Å². The third kappa shape index (κ3) is 3.41. The molecule has 3 N–H and O–H groups in total. The summed E-state index contributed by atoms with van der Waals surface area (Å²) in [6.07, 6.45) is 3.66. The first-order valence-electron chi connectivity index (χ1n) is 7.90. The lowest BCUT2D eigenvalue weighted by Gasteiger charge is -2.34. The number of carbonyl (C=O) groups is 1. The minimum Gasteiger partial charge on any atom is -0.338 e. The first-order valence-corrected chi connectivity index (χ1v) is 8.28. The van der Waals surface area contributed by atoms with Gasteiger partial charge in [0, 0.05) is 29.7 Å². The van der Waals surface area contributed by atoms with Gasteiger partial charge in [-0.1, -0.05) is 23.7 Å². The molecule has 1 fully saturated rings. The molecule has 0 saturated carbocycles. The normalized spacial score (nSPS) is 19.6. The summed E-state index contributed by atoms with van der Waals surface area (Å²) in [5, 5.41) is 7.61. The van der Waals surface area contributed by atoms with Gasteiger partial charge in [0.15, 0.2) is 0 Å². The largest absolute Gasteiger partial charge is 0.338 e. The van der Waals surface area contributed by atoms with Crippen molar-refractivity contribution in [2.45, 2.75) is 25.8 Å². The molecule has 1 saturated heterocycles. The number of amides is 1. The van der Waals surface area contributed by atoms with E-state index < -0.39 is 0 Å². The molecule has 0 aliphatic carbocycles. The molecule has 0 spiro atoms. The van der Waals surface area contributed by atoms with Crippen LogP contribution in [0.3, 0.4) is 0 Å². The number of nitrogens with zero attached hydrogens (tertiary/aromatic N) is 2. The van der Waals surface area contributed by atoms with Crippen molar-refractivity contribution < 1.29 is 4.79 Å². The molecule has 122 valence electrons. The molecule has 5 nitrogen and oxygen atoms in total. The van der Waals surface area contributed by atoms with Gasteiger partial charge in [-0.05, 0) is 37.8 Å². The van der Waals surface area contributed by atoms with Gasteiger partial charge < -0.3 is 10.6 Å². The van der Waals surface area contributed by atoms with E-state index in [9.17, 15) is 4.79 Å². The molecular formula is C17H21ClN4O. The van der Waals surface area contributed by atoms with E-state index in [1.165, 1.54) is 0 Å². The number of likely N-dealkylation sites (tertiary alicyclic amines) is 1. The number of nitrogens with two attached hydrogens (primary N) is 1. The molecule has 0 bridgehead atoms. The van der Waals surface area contributed by atoms with E-state index in [0.29, 0.717) is 28.7 Å². The average molecular weight is 333 g/mol. The molecule has 23 heavy (non-hydrogen) atoms. The highest BCUT2D eigenvalue weighted by Gasteiger charge is 2.28. The van der Waals surface area contributed by atoms with E-state index in [4.69, 9.17) is 17.3 Å².